The summed E-state index contributed by atoms with van der Waals surface area (Å²) in [6, 6.07) is -6.68. The zero-order valence-electron chi connectivity index (χ0n) is 80.5. The minimum absolute atomic E-state index is 0.120. The van der Waals surface area contributed by atoms with Crippen LogP contribution in [0.2, 0.25) is 0 Å². The molecule has 804 valence electrons. The molecule has 7 aliphatic rings. The highest BCUT2D eigenvalue weighted by Gasteiger charge is 2.63. The monoisotopic (exact) mass is 2000 g/mol. The third-order valence-electron chi connectivity index (χ3n) is 26.7. The number of ether oxygens (including phenoxy) is 14. The van der Waals surface area contributed by atoms with Crippen LogP contribution in [0, 0.1) is 0 Å². The molecule has 45 nitrogen and oxygen atoms in total. The van der Waals surface area contributed by atoms with Gasteiger partial charge in [0.05, 0.1) is 77.1 Å². The van der Waals surface area contributed by atoms with Crippen LogP contribution in [0.15, 0.2) is 12.2 Å². The van der Waals surface area contributed by atoms with Gasteiger partial charge in [0.1, 0.15) is 165 Å². The Labute approximate surface area is 807 Å². The summed E-state index contributed by atoms with van der Waals surface area (Å²) in [5.74, 6) is -8.47. The van der Waals surface area contributed by atoms with Crippen molar-refractivity contribution in [1.29, 1.82) is 0 Å². The normalized spacial score (nSPS) is 36.2. The van der Waals surface area contributed by atoms with Crippen LogP contribution < -0.4 is 21.3 Å². The van der Waals surface area contributed by atoms with Crippen molar-refractivity contribution in [2.45, 2.75) is 492 Å². The molecule has 0 aromatic heterocycles. The zero-order chi connectivity index (χ0) is 101. The van der Waals surface area contributed by atoms with E-state index in [1.54, 1.807) is 6.08 Å². The van der Waals surface area contributed by atoms with Crippen molar-refractivity contribution in [2.75, 3.05) is 52.9 Å². The summed E-state index contributed by atoms with van der Waals surface area (Å²) in [4.78, 5) is 65.3. The van der Waals surface area contributed by atoms with Crippen molar-refractivity contribution in [3.63, 3.8) is 0 Å². The molecule has 0 spiro atoms. The van der Waals surface area contributed by atoms with E-state index >= 15 is 0 Å². The zero-order valence-corrected chi connectivity index (χ0v) is 80.5. The summed E-state index contributed by atoms with van der Waals surface area (Å²) in [6.45, 7) is -1.23. The maximum Gasteiger partial charge on any atom is 0.364 e. The summed E-state index contributed by atoms with van der Waals surface area (Å²) < 4.78 is 84.3. The van der Waals surface area contributed by atoms with E-state index in [1.807, 2.05) is 6.08 Å². The van der Waals surface area contributed by atoms with Gasteiger partial charge >= 0.3 is 5.97 Å². The number of aliphatic hydroxyl groups is 21. The summed E-state index contributed by atoms with van der Waals surface area (Å²) in [5.41, 5.74) is 0. The quantitative estimate of drug-likeness (QED) is 0.0214. The summed E-state index contributed by atoms with van der Waals surface area (Å²) in [6.07, 6.45) is -29.4. The van der Waals surface area contributed by atoms with Gasteiger partial charge in [-0.15, -0.1) is 0 Å². The first-order chi connectivity index (χ1) is 66.1. The van der Waals surface area contributed by atoms with Crippen LogP contribution in [0.25, 0.3) is 0 Å². The Morgan fingerprint density at radius 2 is 0.732 bits per heavy atom. The molecule has 0 saturated carbocycles. The lowest BCUT2D eigenvalue weighted by Gasteiger charge is -2.52. The van der Waals surface area contributed by atoms with Gasteiger partial charge in [-0.3, -0.25) is 19.2 Å². The molecular formula is C93H166N4O41. The molecule has 14 unspecified atom stereocenters. The third-order valence-corrected chi connectivity index (χ3v) is 26.7. The number of hydrogen-bond donors (Lipinski definition) is 26. The van der Waals surface area contributed by atoms with Crippen molar-refractivity contribution in [2.24, 2.45) is 0 Å². The van der Waals surface area contributed by atoms with Gasteiger partial charge in [-0.1, -0.05) is 219 Å². The van der Waals surface area contributed by atoms with Crippen LogP contribution in [0.4, 0.5) is 0 Å². The van der Waals surface area contributed by atoms with E-state index in [0.717, 1.165) is 85.0 Å². The fourth-order valence-corrected chi connectivity index (χ4v) is 18.7. The number of hydrogen-bond acceptors (Lipinski definition) is 40. The molecule has 138 heavy (non-hydrogen) atoms. The first-order valence-electron chi connectivity index (χ1n) is 50.1. The first kappa shape index (κ1) is 121. The molecule has 0 aromatic carbocycles. The van der Waals surface area contributed by atoms with Crippen molar-refractivity contribution in [1.82, 2.24) is 21.3 Å². The molecule has 0 bridgehead atoms. The number of aliphatic carboxylic acids is 1. The molecule has 45 heteroatoms. The molecular weight excluding hydrogens is 1830 g/mol. The van der Waals surface area contributed by atoms with E-state index < -0.39 is 321 Å². The smallest absolute Gasteiger partial charge is 0.364 e. The Hall–Kier alpha value is -4.31. The van der Waals surface area contributed by atoms with Crippen LogP contribution in [0.5, 0.6) is 0 Å². The average Bonchev–Trinajstić information content (AvgIpc) is 0.758. The number of rotatable bonds is 65. The van der Waals surface area contributed by atoms with E-state index in [2.05, 4.69) is 35.1 Å². The number of carboxylic acids is 1. The van der Waals surface area contributed by atoms with Gasteiger partial charge in [-0.25, -0.2) is 4.79 Å². The number of unbranched alkanes of at least 4 members (excludes halogenated alkanes) is 31. The van der Waals surface area contributed by atoms with Crippen molar-refractivity contribution in [3.8, 4) is 0 Å². The van der Waals surface area contributed by atoms with Crippen LogP contribution >= 0.6 is 0 Å². The van der Waals surface area contributed by atoms with Crippen LogP contribution in [-0.2, 0) is 90.3 Å². The molecule has 0 aliphatic carbocycles. The molecule has 7 saturated heterocycles. The van der Waals surface area contributed by atoms with Gasteiger partial charge in [0.25, 0.3) is 5.79 Å². The standard InChI is InChI=1S/C93H166N4O41/c1-6-8-10-12-14-16-18-20-21-22-23-24-25-26-27-29-31-33-35-37-39-41-64(111)97-54(55(108)40-38-36-34-32-30-28-19-17-15-13-11-9-7-2)50-125-88-75(119)74(118)80(62(48-103)130-88)133-91-78(122)85(81(63(49-104)131-91)134-86-66(95-52(4)106)72(116)69(113)58(44-99)126-86)136-89-76(120)83(70(114)59(45-100)127-89)135-87-67(96-53(5)107)73(117)79(61(47-102)129-87)132-90-77(121)84(71(115)60(46-101)128-90)138-93(92(123)124)42-56(109)65(94-51(3)105)82(137-93)68(112)57(110)43-98/h38,40,54-63,65-91,98-104,108-110,112-122H,6-37,39,41-50H2,1-5H3,(H,94,105)(H,95,106)(H,96,107)(H,97,111)(H,123,124)/b40-38+/t54-,55+,56?,57+,58?,59?,60?,61?,62?,63?,65+,66?,67?,68+,69-,70-,71-,72+,73+,74+,75?,76?,77?,78?,79+,80+,81-,82?,83-,84-,85+,86-,87-,88+,89+,90-,91-,93-/m0/s1. The van der Waals surface area contributed by atoms with Gasteiger partial charge in [-0.05, 0) is 19.3 Å². The van der Waals surface area contributed by atoms with Gasteiger partial charge in [0, 0.05) is 33.6 Å². The maximum atomic E-state index is 13.8. The predicted octanol–water partition coefficient (Wildman–Crippen LogP) is -2.91. The molecule has 4 amide bonds. The van der Waals surface area contributed by atoms with E-state index in [9.17, 15) is 136 Å². The van der Waals surface area contributed by atoms with E-state index in [-0.39, 0.29) is 6.42 Å². The number of amides is 4. The molecule has 7 heterocycles. The van der Waals surface area contributed by atoms with Gasteiger partial charge in [0.2, 0.25) is 23.6 Å². The SMILES string of the molecule is CCCCCCCCCCCCC/C=C/[C@@H](O)[C@H](CO[C@@H]1OC(CO)[C@@H](O[C@@H]2OC(CO)[C@H](O[C@@H]3OC(CO)[C@H](O)[C@H](O)C3NC(C)=O)[C@H](O[C@H]3OC(CO)[C@H](O)[C@H](O[C@@H]4OC(CO)[C@@H](O[C@@H]5OC(CO)[C@H](O)[C@H](O[C@]6(C(=O)O)CC(O)[C@@H](NC(C)=O)C([C@H](O)[C@H](O)CO)O6)C5O)[C@H](O)C4NC(C)=O)C3O)C2O)[C@H](O)C1O)NC(=O)CCCCCCCCCCCCCCCCCCCCCCC. The number of aliphatic hydroxyl groups excluding tert-OH is 21. The second-order valence-electron chi connectivity index (χ2n) is 37.7. The number of carboxylic acid groups (broad SMARTS) is 1. The second kappa shape index (κ2) is 63.3. The summed E-state index contributed by atoms with van der Waals surface area (Å²) in [5, 5.41) is 260. The number of allylic oxidation sites excluding steroid dienone is 1. The molecule has 0 radical (unpaired) electrons. The van der Waals surface area contributed by atoms with E-state index in [0.29, 0.717) is 12.8 Å². The number of nitrogens with one attached hydrogen (secondary N) is 4. The highest BCUT2D eigenvalue weighted by Crippen LogP contribution is 2.42. The van der Waals surface area contributed by atoms with Crippen molar-refractivity contribution >= 4 is 29.6 Å². The average molecular weight is 2000 g/mol. The molecule has 7 fully saturated rings. The van der Waals surface area contributed by atoms with Gasteiger partial charge in [-0.2, -0.15) is 0 Å². The fraction of sp³-hybridized carbons (Fsp3) is 0.925. The largest absolute Gasteiger partial charge is 0.477 e. The topological polar surface area (TPSA) is 708 Å². The lowest BCUT2D eigenvalue weighted by atomic mass is 9.88. The highest BCUT2D eigenvalue weighted by atomic mass is 16.8. The minimum Gasteiger partial charge on any atom is -0.477 e. The fourth-order valence-electron chi connectivity index (χ4n) is 18.7. The van der Waals surface area contributed by atoms with Crippen molar-refractivity contribution in [3.05, 3.63) is 12.2 Å². The Balaban J connectivity index is 1.07. The third kappa shape index (κ3) is 36.1. The second-order valence-corrected chi connectivity index (χ2v) is 37.7. The van der Waals surface area contributed by atoms with E-state index in [1.165, 1.54) is 135 Å². The van der Waals surface area contributed by atoms with Crippen LogP contribution in [0.3, 0.4) is 0 Å². The lowest BCUT2D eigenvalue weighted by molar-refractivity contribution is -0.402. The summed E-state index contributed by atoms with van der Waals surface area (Å²) >= 11 is 0. The Bertz CT molecular complexity index is 3410. The number of carbonyl (C=O) groups excluding carboxylic acids is 4. The maximum absolute atomic E-state index is 13.8. The van der Waals surface area contributed by atoms with Crippen molar-refractivity contribution < 1.29 is 203 Å². The summed E-state index contributed by atoms with van der Waals surface area (Å²) in [7, 11) is 0. The molecule has 0 aromatic rings. The minimum atomic E-state index is -3.27. The van der Waals surface area contributed by atoms with Crippen LogP contribution in [-0.4, -0.2) is 427 Å². The van der Waals surface area contributed by atoms with Crippen LogP contribution in [0.1, 0.15) is 259 Å². The Kier molecular flexibility index (Phi) is 55.3. The number of carbonyl (C=O) groups is 5. The molecule has 7 aliphatic heterocycles. The first-order valence-corrected chi connectivity index (χ1v) is 50.1. The lowest BCUT2D eigenvalue weighted by Crippen LogP contribution is -2.71. The predicted molar refractivity (Wildman–Crippen MR) is 483 cm³/mol. The van der Waals surface area contributed by atoms with Gasteiger partial charge in [0.15, 0.2) is 37.7 Å². The molecule has 38 atom stereocenters. The molecule has 26 N–H and O–H groups in total. The van der Waals surface area contributed by atoms with Gasteiger partial charge < -0.3 is 200 Å². The van der Waals surface area contributed by atoms with E-state index in [4.69, 9.17) is 66.3 Å². The highest BCUT2D eigenvalue weighted by molar-refractivity contribution is 5.77. The molecule has 7 rings (SSSR count). The Morgan fingerprint density at radius 1 is 0.377 bits per heavy atom. The Morgan fingerprint density at radius 3 is 1.18 bits per heavy atom.